The summed E-state index contributed by atoms with van der Waals surface area (Å²) in [7, 11) is -3.88. The van der Waals surface area contributed by atoms with E-state index in [-0.39, 0.29) is 28.5 Å². The topological polar surface area (TPSA) is 111 Å². The van der Waals surface area contributed by atoms with Crippen molar-refractivity contribution in [3.05, 3.63) is 99.1 Å². The van der Waals surface area contributed by atoms with Gasteiger partial charge < -0.3 is 10.1 Å². The Labute approximate surface area is 214 Å². The third kappa shape index (κ3) is 4.40. The molecule has 0 saturated heterocycles. The van der Waals surface area contributed by atoms with Gasteiger partial charge in [-0.1, -0.05) is 35.9 Å². The molecule has 1 aliphatic carbocycles. The molecule has 2 aliphatic rings. The number of hydrogen-bond acceptors (Lipinski definition) is 6. The molecule has 5 rings (SSSR count). The molecule has 3 atom stereocenters. The summed E-state index contributed by atoms with van der Waals surface area (Å²) in [6.45, 7) is 2.25. The maximum absolute atomic E-state index is 13.3. The van der Waals surface area contributed by atoms with Crippen LogP contribution in [0.1, 0.15) is 36.4 Å². The number of nitrogens with one attached hydrogen (secondary N) is 2. The first-order valence-electron chi connectivity index (χ1n) is 11.5. The zero-order valence-electron chi connectivity index (χ0n) is 19.3. The lowest BCUT2D eigenvalue weighted by Crippen LogP contribution is -2.29. The number of allylic oxidation sites excluding steroid dienone is 2. The van der Waals surface area contributed by atoms with E-state index < -0.39 is 14.9 Å². The number of para-hydroxylation sites is 2. The van der Waals surface area contributed by atoms with Crippen molar-refractivity contribution in [1.29, 1.82) is 0 Å². The second-order valence-electron chi connectivity index (χ2n) is 8.72. The summed E-state index contributed by atoms with van der Waals surface area (Å²) in [5, 5.41) is 15.3. The largest absolute Gasteiger partial charge is 0.492 e. The SMILES string of the molecule is CCOc1ccccc1NS(=O)(=O)c1ccc2c(c1)[C@H]1C=CC[C@H]1[C@@H](c1cc([N+](=O)[O-])ccc1Cl)N2. The van der Waals surface area contributed by atoms with Crippen molar-refractivity contribution < 1.29 is 18.1 Å². The molecule has 1 heterocycles. The van der Waals surface area contributed by atoms with E-state index in [4.69, 9.17) is 16.3 Å². The lowest BCUT2D eigenvalue weighted by atomic mass is 9.77. The molecule has 10 heteroatoms. The number of anilines is 2. The van der Waals surface area contributed by atoms with E-state index in [0.717, 1.165) is 17.7 Å². The molecule has 3 aromatic rings. The van der Waals surface area contributed by atoms with Crippen molar-refractivity contribution in [2.45, 2.75) is 30.2 Å². The van der Waals surface area contributed by atoms with E-state index in [1.165, 1.54) is 12.1 Å². The molecule has 3 aromatic carbocycles. The Morgan fingerprint density at radius 2 is 1.94 bits per heavy atom. The summed E-state index contributed by atoms with van der Waals surface area (Å²) >= 11 is 6.47. The van der Waals surface area contributed by atoms with E-state index in [0.29, 0.717) is 28.6 Å². The van der Waals surface area contributed by atoms with Gasteiger partial charge in [-0.15, -0.1) is 0 Å². The number of benzene rings is 3. The van der Waals surface area contributed by atoms with Gasteiger partial charge in [-0.3, -0.25) is 14.8 Å². The summed E-state index contributed by atoms with van der Waals surface area (Å²) in [5.74, 6) is 0.424. The van der Waals surface area contributed by atoms with Crippen LogP contribution in [0.4, 0.5) is 17.1 Å². The Kier molecular flexibility index (Phi) is 6.36. The van der Waals surface area contributed by atoms with Gasteiger partial charge in [-0.25, -0.2) is 8.42 Å². The van der Waals surface area contributed by atoms with Crippen LogP contribution in [-0.4, -0.2) is 19.9 Å². The fourth-order valence-corrected chi connectivity index (χ4v) is 6.31. The predicted molar refractivity (Wildman–Crippen MR) is 139 cm³/mol. The number of fused-ring (bicyclic) bond motifs is 3. The van der Waals surface area contributed by atoms with Crippen molar-refractivity contribution >= 4 is 38.7 Å². The fourth-order valence-electron chi connectivity index (χ4n) is 4.97. The van der Waals surface area contributed by atoms with Gasteiger partial charge in [0, 0.05) is 34.3 Å². The van der Waals surface area contributed by atoms with Crippen LogP contribution < -0.4 is 14.8 Å². The molecule has 0 aromatic heterocycles. The molecule has 0 bridgehead atoms. The van der Waals surface area contributed by atoms with Crippen molar-refractivity contribution in [1.82, 2.24) is 0 Å². The fraction of sp³-hybridized carbons (Fsp3) is 0.231. The lowest BCUT2D eigenvalue weighted by molar-refractivity contribution is -0.384. The number of nitrogens with zero attached hydrogens (tertiary/aromatic N) is 1. The zero-order chi connectivity index (χ0) is 25.4. The van der Waals surface area contributed by atoms with Gasteiger partial charge >= 0.3 is 0 Å². The number of hydrogen-bond donors (Lipinski definition) is 2. The average Bonchev–Trinajstić information content (AvgIpc) is 3.35. The second-order valence-corrected chi connectivity index (χ2v) is 10.8. The van der Waals surface area contributed by atoms with Crippen LogP contribution in [0.2, 0.25) is 5.02 Å². The van der Waals surface area contributed by atoms with Gasteiger partial charge in [0.25, 0.3) is 15.7 Å². The number of halogens is 1. The predicted octanol–water partition coefficient (Wildman–Crippen LogP) is 6.27. The summed E-state index contributed by atoms with van der Waals surface area (Å²) < 4.78 is 34.8. The molecule has 8 nitrogen and oxygen atoms in total. The Morgan fingerprint density at radius 3 is 2.72 bits per heavy atom. The van der Waals surface area contributed by atoms with E-state index in [1.807, 2.05) is 6.92 Å². The van der Waals surface area contributed by atoms with E-state index in [2.05, 4.69) is 22.2 Å². The highest BCUT2D eigenvalue weighted by Gasteiger charge is 2.39. The molecule has 0 fully saturated rings. The van der Waals surface area contributed by atoms with Crippen LogP contribution in [0.15, 0.2) is 77.7 Å². The van der Waals surface area contributed by atoms with Gasteiger partial charge in [0.05, 0.1) is 28.2 Å². The first-order valence-corrected chi connectivity index (χ1v) is 13.4. The minimum atomic E-state index is -3.88. The van der Waals surface area contributed by atoms with Crippen LogP contribution in [0, 0.1) is 16.0 Å². The number of non-ortho nitro benzene ring substituents is 1. The monoisotopic (exact) mass is 525 g/mol. The molecular weight excluding hydrogens is 502 g/mol. The molecule has 1 aliphatic heterocycles. The van der Waals surface area contributed by atoms with E-state index >= 15 is 0 Å². The third-order valence-electron chi connectivity index (χ3n) is 6.60. The minimum Gasteiger partial charge on any atom is -0.492 e. The molecule has 0 saturated carbocycles. The summed E-state index contributed by atoms with van der Waals surface area (Å²) in [4.78, 5) is 11.1. The van der Waals surface area contributed by atoms with Crippen LogP contribution in [0.3, 0.4) is 0 Å². The lowest BCUT2D eigenvalue weighted by Gasteiger charge is -2.38. The number of rotatable bonds is 7. The van der Waals surface area contributed by atoms with Crippen molar-refractivity contribution in [3.63, 3.8) is 0 Å². The Bertz CT molecular complexity index is 1470. The highest BCUT2D eigenvalue weighted by atomic mass is 35.5. The van der Waals surface area contributed by atoms with Crippen molar-refractivity contribution in [3.8, 4) is 5.75 Å². The molecule has 0 radical (unpaired) electrons. The number of ether oxygens (including phenoxy) is 1. The molecular formula is C26H24ClN3O5S. The zero-order valence-corrected chi connectivity index (χ0v) is 20.9. The highest BCUT2D eigenvalue weighted by Crippen LogP contribution is 2.51. The molecule has 2 N–H and O–H groups in total. The molecule has 0 amide bonds. The molecule has 36 heavy (non-hydrogen) atoms. The summed E-state index contributed by atoms with van der Waals surface area (Å²) in [5.41, 5.74) is 2.62. The van der Waals surface area contributed by atoms with Crippen LogP contribution in [-0.2, 0) is 10.0 Å². The van der Waals surface area contributed by atoms with Gasteiger partial charge in [0.1, 0.15) is 5.75 Å². The molecule has 0 spiro atoms. The normalized spacial score (nSPS) is 20.2. The Hall–Kier alpha value is -3.56. The average molecular weight is 526 g/mol. The van der Waals surface area contributed by atoms with Crippen molar-refractivity contribution in [2.75, 3.05) is 16.6 Å². The van der Waals surface area contributed by atoms with Gasteiger partial charge in [0.15, 0.2) is 0 Å². The number of nitro groups is 1. The minimum absolute atomic E-state index is 0.0237. The van der Waals surface area contributed by atoms with Crippen LogP contribution >= 0.6 is 11.6 Å². The van der Waals surface area contributed by atoms with E-state index in [1.54, 1.807) is 48.5 Å². The maximum Gasteiger partial charge on any atom is 0.269 e. The van der Waals surface area contributed by atoms with E-state index in [9.17, 15) is 18.5 Å². The maximum atomic E-state index is 13.3. The third-order valence-corrected chi connectivity index (χ3v) is 8.31. The van der Waals surface area contributed by atoms with Crippen LogP contribution in [0.25, 0.3) is 0 Å². The smallest absolute Gasteiger partial charge is 0.269 e. The highest BCUT2D eigenvalue weighted by molar-refractivity contribution is 7.92. The van der Waals surface area contributed by atoms with Crippen LogP contribution in [0.5, 0.6) is 5.75 Å². The van der Waals surface area contributed by atoms with Gasteiger partial charge in [-0.05, 0) is 61.2 Å². The summed E-state index contributed by atoms with van der Waals surface area (Å²) in [6.07, 6.45) is 4.86. The standard InChI is InChI=1S/C26H24ClN3O5S/c1-2-35-25-9-4-3-8-24(25)29-36(33,34)17-11-13-23-20(15-17)18-6-5-7-19(18)26(28-23)21-14-16(30(31)32)10-12-22(21)27/h3-6,8-15,18-19,26,28-29H,2,7H2,1H3/t18-,19+,26-/m0/s1. The van der Waals surface area contributed by atoms with Gasteiger partial charge in [0.2, 0.25) is 0 Å². The van der Waals surface area contributed by atoms with Crippen molar-refractivity contribution in [2.24, 2.45) is 5.92 Å². The number of sulfonamides is 1. The molecule has 186 valence electrons. The second kappa shape index (κ2) is 9.48. The quantitative estimate of drug-likeness (QED) is 0.213. The number of nitro benzene ring substituents is 1. The first kappa shape index (κ1) is 24.1. The Morgan fingerprint density at radius 1 is 1.14 bits per heavy atom. The first-order chi connectivity index (χ1) is 17.3. The summed E-state index contributed by atoms with van der Waals surface area (Å²) in [6, 6.07) is 16.0. The van der Waals surface area contributed by atoms with Gasteiger partial charge in [-0.2, -0.15) is 0 Å². The molecule has 0 unspecified atom stereocenters. The Balaban J connectivity index is 1.50.